The summed E-state index contributed by atoms with van der Waals surface area (Å²) in [7, 11) is 2.79. The van der Waals surface area contributed by atoms with Gasteiger partial charge < -0.3 is 4.74 Å². The van der Waals surface area contributed by atoms with Crippen molar-refractivity contribution < 1.29 is 9.53 Å². The zero-order valence-electron chi connectivity index (χ0n) is 9.43. The lowest BCUT2D eigenvalue weighted by molar-refractivity contribution is 0.187. The number of hydrogen-bond acceptors (Lipinski definition) is 4. The van der Waals surface area contributed by atoms with Crippen LogP contribution in [0.2, 0.25) is 0 Å². The third-order valence-corrected chi connectivity index (χ3v) is 2.36. The Morgan fingerprint density at radius 3 is 2.65 bits per heavy atom. The number of nitrogens with one attached hydrogen (secondary N) is 1. The maximum Gasteiger partial charge on any atom is 0.412 e. The lowest BCUT2D eigenvalue weighted by Crippen LogP contribution is -2.23. The van der Waals surface area contributed by atoms with Crippen molar-refractivity contribution in [3.63, 3.8) is 0 Å². The number of aryl methyl sites for hydroxylation is 1. The largest absolute Gasteiger partial charge is 0.453 e. The molecule has 0 fully saturated rings. The van der Waals surface area contributed by atoms with Crippen LogP contribution in [0, 0.1) is 0 Å². The molecule has 1 aromatic heterocycles. The van der Waals surface area contributed by atoms with Crippen molar-refractivity contribution in [1.82, 2.24) is 9.78 Å². The van der Waals surface area contributed by atoms with E-state index in [2.05, 4.69) is 15.2 Å². The molecule has 0 spiro atoms. The van der Waals surface area contributed by atoms with Crippen molar-refractivity contribution in [2.24, 2.45) is 7.05 Å². The van der Waals surface area contributed by atoms with Crippen LogP contribution in [0.5, 0.6) is 0 Å². The molecule has 6 heteroatoms. The number of aromatic nitrogens is 2. The van der Waals surface area contributed by atoms with E-state index in [1.807, 2.05) is 0 Å². The van der Waals surface area contributed by atoms with Crippen LogP contribution in [0.3, 0.4) is 0 Å². The number of carbonyl (C=O) groups excluding carboxylic acids is 1. The molecule has 1 N–H and O–H groups in total. The molecule has 0 radical (unpaired) electrons. The summed E-state index contributed by atoms with van der Waals surface area (Å²) >= 11 is 0. The Balaban J connectivity index is 2.67. The second kappa shape index (κ2) is 4.25. The molecule has 88 valence electrons. The van der Waals surface area contributed by atoms with Crippen molar-refractivity contribution in [3.05, 3.63) is 34.6 Å². The SMILES string of the molecule is COC(=O)Nc1nn(C)c(=O)c2ccccc12. The smallest absolute Gasteiger partial charge is 0.412 e. The predicted molar refractivity (Wildman–Crippen MR) is 63.0 cm³/mol. The molecule has 1 heterocycles. The van der Waals surface area contributed by atoms with Gasteiger partial charge in [-0.1, -0.05) is 18.2 Å². The molecule has 1 aromatic carbocycles. The van der Waals surface area contributed by atoms with E-state index in [9.17, 15) is 9.59 Å². The van der Waals surface area contributed by atoms with Gasteiger partial charge in [0.2, 0.25) is 0 Å². The summed E-state index contributed by atoms with van der Waals surface area (Å²) in [5, 5.41) is 7.53. The number of rotatable bonds is 1. The minimum absolute atomic E-state index is 0.212. The van der Waals surface area contributed by atoms with Crippen LogP contribution in [-0.2, 0) is 11.8 Å². The maximum absolute atomic E-state index is 11.8. The number of methoxy groups -OCH3 is 1. The molecular weight excluding hydrogens is 222 g/mol. The van der Waals surface area contributed by atoms with Crippen molar-refractivity contribution in [2.75, 3.05) is 12.4 Å². The van der Waals surface area contributed by atoms with Gasteiger partial charge in [-0.05, 0) is 6.07 Å². The number of benzene rings is 1. The number of amides is 1. The van der Waals surface area contributed by atoms with Gasteiger partial charge in [-0.3, -0.25) is 10.1 Å². The Kier molecular flexibility index (Phi) is 2.78. The summed E-state index contributed by atoms with van der Waals surface area (Å²) in [5.41, 5.74) is -0.212. The zero-order chi connectivity index (χ0) is 12.4. The third-order valence-electron chi connectivity index (χ3n) is 2.36. The van der Waals surface area contributed by atoms with Gasteiger partial charge in [0.1, 0.15) is 0 Å². The molecule has 0 bridgehead atoms. The maximum atomic E-state index is 11.8. The second-order valence-corrected chi connectivity index (χ2v) is 3.44. The number of hydrogen-bond donors (Lipinski definition) is 1. The molecule has 6 nitrogen and oxygen atoms in total. The van der Waals surface area contributed by atoms with E-state index in [-0.39, 0.29) is 5.56 Å². The molecule has 0 aliphatic carbocycles. The number of nitrogens with zero attached hydrogens (tertiary/aromatic N) is 2. The third kappa shape index (κ3) is 1.96. The Hall–Kier alpha value is -2.37. The van der Waals surface area contributed by atoms with Crippen LogP contribution in [0.1, 0.15) is 0 Å². The van der Waals surface area contributed by atoms with E-state index in [0.717, 1.165) is 0 Å². The summed E-state index contributed by atoms with van der Waals surface area (Å²) in [4.78, 5) is 23.0. The predicted octanol–water partition coefficient (Wildman–Crippen LogP) is 1.11. The first kappa shape index (κ1) is 11.1. The quantitative estimate of drug-likeness (QED) is 0.800. The van der Waals surface area contributed by atoms with E-state index >= 15 is 0 Å². The van der Waals surface area contributed by atoms with Crippen LogP contribution in [0.25, 0.3) is 10.8 Å². The summed E-state index contributed by atoms with van der Waals surface area (Å²) in [6.45, 7) is 0. The monoisotopic (exact) mass is 233 g/mol. The van der Waals surface area contributed by atoms with Gasteiger partial charge in [-0.2, -0.15) is 5.10 Å². The molecule has 0 unspecified atom stereocenters. The first-order valence-corrected chi connectivity index (χ1v) is 4.94. The van der Waals surface area contributed by atoms with Gasteiger partial charge in [0, 0.05) is 12.4 Å². The highest BCUT2D eigenvalue weighted by atomic mass is 16.5. The molecule has 0 saturated heterocycles. The summed E-state index contributed by atoms with van der Waals surface area (Å²) in [6.07, 6.45) is -0.624. The van der Waals surface area contributed by atoms with Crippen LogP contribution in [-0.4, -0.2) is 23.0 Å². The number of fused-ring (bicyclic) bond motifs is 1. The van der Waals surface area contributed by atoms with Gasteiger partial charge in [0.25, 0.3) is 5.56 Å². The van der Waals surface area contributed by atoms with Crippen molar-refractivity contribution in [2.45, 2.75) is 0 Å². The first-order valence-electron chi connectivity index (χ1n) is 4.94. The summed E-state index contributed by atoms with van der Waals surface area (Å²) in [5.74, 6) is 0.301. The number of carbonyl (C=O) groups is 1. The van der Waals surface area contributed by atoms with Crippen LogP contribution in [0.15, 0.2) is 29.1 Å². The van der Waals surface area contributed by atoms with Crippen molar-refractivity contribution in [1.29, 1.82) is 0 Å². The summed E-state index contributed by atoms with van der Waals surface area (Å²) in [6, 6.07) is 6.92. The van der Waals surface area contributed by atoms with Gasteiger partial charge in [0.15, 0.2) is 5.82 Å². The number of ether oxygens (including phenoxy) is 1. The fraction of sp³-hybridized carbons (Fsp3) is 0.182. The Morgan fingerprint density at radius 1 is 1.35 bits per heavy atom. The van der Waals surface area contributed by atoms with E-state index in [4.69, 9.17) is 0 Å². The number of anilines is 1. The average Bonchev–Trinajstić information content (AvgIpc) is 2.35. The van der Waals surface area contributed by atoms with Crippen LogP contribution >= 0.6 is 0 Å². The van der Waals surface area contributed by atoms with Gasteiger partial charge in [-0.25, -0.2) is 9.48 Å². The highest BCUT2D eigenvalue weighted by Crippen LogP contribution is 2.17. The standard InChI is InChI=1S/C11H11N3O3/c1-14-10(15)8-6-4-3-5-7(8)9(13-14)12-11(16)17-2/h3-6H,1-2H3,(H,12,13,16). The molecule has 1 amide bonds. The van der Waals surface area contributed by atoms with Crippen LogP contribution < -0.4 is 10.9 Å². The van der Waals surface area contributed by atoms with Gasteiger partial charge in [0.05, 0.1) is 12.5 Å². The van der Waals surface area contributed by atoms with E-state index < -0.39 is 6.09 Å². The van der Waals surface area contributed by atoms with Crippen molar-refractivity contribution >= 4 is 22.7 Å². The summed E-state index contributed by atoms with van der Waals surface area (Å²) < 4.78 is 5.67. The van der Waals surface area contributed by atoms with E-state index in [1.54, 1.807) is 24.3 Å². The highest BCUT2D eigenvalue weighted by Gasteiger charge is 2.10. The molecule has 2 aromatic rings. The normalized spacial score (nSPS) is 10.2. The van der Waals surface area contributed by atoms with E-state index in [1.165, 1.54) is 18.8 Å². The van der Waals surface area contributed by atoms with Gasteiger partial charge >= 0.3 is 6.09 Å². The van der Waals surface area contributed by atoms with Crippen molar-refractivity contribution in [3.8, 4) is 0 Å². The second-order valence-electron chi connectivity index (χ2n) is 3.44. The molecule has 0 aliphatic heterocycles. The minimum atomic E-state index is -0.624. The molecule has 0 saturated carbocycles. The molecular formula is C11H11N3O3. The fourth-order valence-electron chi connectivity index (χ4n) is 1.54. The fourth-order valence-corrected chi connectivity index (χ4v) is 1.54. The van der Waals surface area contributed by atoms with Crippen LogP contribution in [0.4, 0.5) is 10.6 Å². The first-order chi connectivity index (χ1) is 8.13. The lowest BCUT2D eigenvalue weighted by Gasteiger charge is -2.08. The molecule has 0 aliphatic rings. The molecule has 17 heavy (non-hydrogen) atoms. The molecule has 2 rings (SSSR count). The topological polar surface area (TPSA) is 73.2 Å². The Labute approximate surface area is 96.8 Å². The zero-order valence-corrected chi connectivity index (χ0v) is 9.43. The Morgan fingerprint density at radius 2 is 2.00 bits per heavy atom. The average molecular weight is 233 g/mol. The minimum Gasteiger partial charge on any atom is -0.453 e. The lowest BCUT2D eigenvalue weighted by atomic mass is 10.2. The molecule has 0 atom stereocenters. The Bertz CT molecular complexity index is 633. The highest BCUT2D eigenvalue weighted by molar-refractivity contribution is 5.97. The van der Waals surface area contributed by atoms with E-state index in [0.29, 0.717) is 16.6 Å². The van der Waals surface area contributed by atoms with Gasteiger partial charge in [-0.15, -0.1) is 0 Å².